The van der Waals surface area contributed by atoms with Crippen LogP contribution in [0.2, 0.25) is 0 Å². The van der Waals surface area contributed by atoms with E-state index < -0.39 is 10.8 Å². The number of fused-ring (bicyclic) bond motifs is 1. The number of methoxy groups -OCH3 is 1. The fraction of sp³-hybridized carbons (Fsp3) is 0.174. The second-order valence-electron chi connectivity index (χ2n) is 6.84. The zero-order chi connectivity index (χ0) is 22.5. The van der Waals surface area contributed by atoms with Crippen LogP contribution in [0.15, 0.2) is 60.7 Å². The Bertz CT molecular complexity index is 1150. The number of nitrogens with one attached hydrogen (secondary N) is 1. The summed E-state index contributed by atoms with van der Waals surface area (Å²) in [5, 5.41) is 14.0. The molecule has 0 radical (unpaired) electrons. The molecule has 0 fully saturated rings. The fourth-order valence-corrected chi connectivity index (χ4v) is 3.21. The van der Waals surface area contributed by atoms with E-state index in [9.17, 15) is 14.9 Å². The molecule has 1 heterocycles. The fourth-order valence-electron chi connectivity index (χ4n) is 3.21. The summed E-state index contributed by atoms with van der Waals surface area (Å²) in [6.07, 6.45) is 0. The van der Waals surface area contributed by atoms with Crippen molar-refractivity contribution in [3.63, 3.8) is 0 Å². The van der Waals surface area contributed by atoms with Crippen LogP contribution >= 0.6 is 0 Å². The number of benzene rings is 3. The molecule has 0 atom stereocenters. The van der Waals surface area contributed by atoms with Crippen LogP contribution in [0.5, 0.6) is 28.7 Å². The molecule has 1 amide bonds. The number of para-hydroxylation sites is 1. The third-order valence-corrected chi connectivity index (χ3v) is 4.79. The number of hydrogen-bond acceptors (Lipinski definition) is 7. The van der Waals surface area contributed by atoms with Gasteiger partial charge in [0, 0.05) is 24.2 Å². The van der Waals surface area contributed by atoms with Gasteiger partial charge in [0.25, 0.3) is 11.6 Å². The van der Waals surface area contributed by atoms with Gasteiger partial charge in [-0.05, 0) is 36.4 Å². The summed E-state index contributed by atoms with van der Waals surface area (Å²) >= 11 is 0. The number of ether oxygens (including phenoxy) is 4. The minimum Gasteiger partial charge on any atom is -0.497 e. The first-order chi connectivity index (χ1) is 15.5. The average Bonchev–Trinajstić information content (AvgIpc) is 2.83. The number of nitro benzene ring substituents is 1. The van der Waals surface area contributed by atoms with Crippen LogP contribution in [-0.4, -0.2) is 31.2 Å². The Morgan fingerprint density at radius 2 is 1.81 bits per heavy atom. The minimum atomic E-state index is -0.563. The Morgan fingerprint density at radius 3 is 2.56 bits per heavy atom. The molecule has 9 heteroatoms. The number of amides is 1. The Morgan fingerprint density at radius 1 is 1.06 bits per heavy atom. The van der Waals surface area contributed by atoms with Gasteiger partial charge < -0.3 is 24.3 Å². The Hall–Kier alpha value is -4.27. The first-order valence-electron chi connectivity index (χ1n) is 9.81. The number of nitrogens with zero attached hydrogens (tertiary/aromatic N) is 1. The molecule has 3 aromatic rings. The topological polar surface area (TPSA) is 109 Å². The molecule has 3 aromatic carbocycles. The van der Waals surface area contributed by atoms with Gasteiger partial charge in [0.05, 0.1) is 17.6 Å². The number of non-ortho nitro benzene ring substituents is 1. The molecule has 1 aliphatic heterocycles. The van der Waals surface area contributed by atoms with Crippen molar-refractivity contribution in [3.05, 3.63) is 81.9 Å². The molecule has 0 saturated carbocycles. The maximum atomic E-state index is 13.0. The lowest BCUT2D eigenvalue weighted by molar-refractivity contribution is -0.384. The van der Waals surface area contributed by atoms with Crippen molar-refractivity contribution in [1.29, 1.82) is 0 Å². The minimum absolute atomic E-state index is 0.0389. The molecule has 164 valence electrons. The van der Waals surface area contributed by atoms with Crippen molar-refractivity contribution in [2.45, 2.75) is 6.54 Å². The van der Waals surface area contributed by atoms with Gasteiger partial charge in [-0.1, -0.05) is 12.1 Å². The first kappa shape index (κ1) is 21.0. The Balaban J connectivity index is 1.57. The number of nitro groups is 1. The summed E-state index contributed by atoms with van der Waals surface area (Å²) in [6, 6.07) is 16.1. The van der Waals surface area contributed by atoms with Gasteiger partial charge in [-0.15, -0.1) is 0 Å². The molecule has 1 N–H and O–H groups in total. The quantitative estimate of drug-likeness (QED) is 0.439. The van der Waals surface area contributed by atoms with Crippen LogP contribution in [0.1, 0.15) is 15.9 Å². The number of rotatable bonds is 7. The van der Waals surface area contributed by atoms with E-state index in [1.54, 1.807) is 43.5 Å². The summed E-state index contributed by atoms with van der Waals surface area (Å²) in [5.74, 6) is 1.96. The lowest BCUT2D eigenvalue weighted by atomic mass is 10.1. The van der Waals surface area contributed by atoms with Gasteiger partial charge in [-0.3, -0.25) is 14.9 Å². The zero-order valence-corrected chi connectivity index (χ0v) is 17.2. The second-order valence-corrected chi connectivity index (χ2v) is 6.84. The molecule has 0 bridgehead atoms. The van der Waals surface area contributed by atoms with Crippen molar-refractivity contribution < 1.29 is 28.7 Å². The van der Waals surface area contributed by atoms with Crippen molar-refractivity contribution in [2.75, 3.05) is 20.3 Å². The lowest BCUT2D eigenvalue weighted by Crippen LogP contribution is -2.25. The molecule has 1 aliphatic rings. The van der Waals surface area contributed by atoms with Crippen LogP contribution in [0.3, 0.4) is 0 Å². The molecule has 0 aromatic heterocycles. The average molecular weight is 436 g/mol. The van der Waals surface area contributed by atoms with Gasteiger partial charge >= 0.3 is 0 Å². The highest BCUT2D eigenvalue weighted by Gasteiger charge is 2.20. The summed E-state index contributed by atoms with van der Waals surface area (Å²) in [5.41, 5.74) is 0.557. The molecule has 0 unspecified atom stereocenters. The van der Waals surface area contributed by atoms with E-state index in [1.165, 1.54) is 18.2 Å². The van der Waals surface area contributed by atoms with Crippen LogP contribution in [0.25, 0.3) is 0 Å². The first-order valence-corrected chi connectivity index (χ1v) is 9.81. The summed E-state index contributed by atoms with van der Waals surface area (Å²) < 4.78 is 22.2. The maximum Gasteiger partial charge on any atom is 0.270 e. The smallest absolute Gasteiger partial charge is 0.270 e. The van der Waals surface area contributed by atoms with Crippen molar-refractivity contribution in [1.82, 2.24) is 5.32 Å². The van der Waals surface area contributed by atoms with Crippen molar-refractivity contribution >= 4 is 11.6 Å². The summed E-state index contributed by atoms with van der Waals surface area (Å²) in [6.45, 7) is 1.03. The van der Waals surface area contributed by atoms with E-state index in [1.807, 2.05) is 6.07 Å². The molecule has 0 aliphatic carbocycles. The molecular weight excluding hydrogens is 416 g/mol. The third-order valence-electron chi connectivity index (χ3n) is 4.79. The van der Waals surface area contributed by atoms with Gasteiger partial charge in [-0.2, -0.15) is 0 Å². The van der Waals surface area contributed by atoms with Gasteiger partial charge in [0.15, 0.2) is 11.5 Å². The SMILES string of the molecule is COc1ccc(Oc2ccc([N+](=O)[O-])cc2C(=O)NCc2cccc3c2OCCO3)cc1. The predicted molar refractivity (Wildman–Crippen MR) is 115 cm³/mol. The van der Waals surface area contributed by atoms with Crippen LogP contribution < -0.4 is 24.3 Å². The van der Waals surface area contributed by atoms with E-state index in [0.29, 0.717) is 36.2 Å². The molecule has 0 saturated heterocycles. The largest absolute Gasteiger partial charge is 0.497 e. The molecule has 4 rings (SSSR count). The van der Waals surface area contributed by atoms with E-state index in [0.717, 1.165) is 5.56 Å². The highest BCUT2D eigenvalue weighted by molar-refractivity contribution is 5.97. The zero-order valence-electron chi connectivity index (χ0n) is 17.2. The monoisotopic (exact) mass is 436 g/mol. The van der Waals surface area contributed by atoms with E-state index >= 15 is 0 Å². The van der Waals surface area contributed by atoms with Gasteiger partial charge in [0.1, 0.15) is 30.5 Å². The second kappa shape index (κ2) is 9.25. The summed E-state index contributed by atoms with van der Waals surface area (Å²) in [7, 11) is 1.55. The van der Waals surface area contributed by atoms with Crippen LogP contribution in [0.4, 0.5) is 5.69 Å². The van der Waals surface area contributed by atoms with Gasteiger partial charge in [0.2, 0.25) is 0 Å². The Kier molecular flexibility index (Phi) is 6.07. The van der Waals surface area contributed by atoms with Crippen LogP contribution in [0, 0.1) is 10.1 Å². The lowest BCUT2D eigenvalue weighted by Gasteiger charge is -2.21. The standard InChI is InChI=1S/C23H20N2O7/c1-29-17-6-8-18(9-7-17)32-20-10-5-16(25(27)28)13-19(20)23(26)24-14-15-3-2-4-21-22(15)31-12-11-30-21/h2-10,13H,11-12,14H2,1H3,(H,24,26). The number of carbonyl (C=O) groups is 1. The molecular formula is C23H20N2O7. The van der Waals surface area contributed by atoms with Crippen LogP contribution in [-0.2, 0) is 6.54 Å². The van der Waals surface area contributed by atoms with E-state index in [2.05, 4.69) is 5.32 Å². The van der Waals surface area contributed by atoms with E-state index in [-0.39, 0.29) is 23.5 Å². The van der Waals surface area contributed by atoms with E-state index in [4.69, 9.17) is 18.9 Å². The maximum absolute atomic E-state index is 13.0. The number of hydrogen-bond donors (Lipinski definition) is 1. The van der Waals surface area contributed by atoms with Crippen molar-refractivity contribution in [3.8, 4) is 28.7 Å². The third kappa shape index (κ3) is 4.56. The predicted octanol–water partition coefficient (Wildman–Crippen LogP) is 4.10. The normalized spacial score (nSPS) is 12.0. The molecule has 9 nitrogen and oxygen atoms in total. The van der Waals surface area contributed by atoms with Gasteiger partial charge in [-0.25, -0.2) is 0 Å². The highest BCUT2D eigenvalue weighted by atomic mass is 16.6. The molecule has 0 spiro atoms. The highest BCUT2D eigenvalue weighted by Crippen LogP contribution is 2.34. The molecule has 32 heavy (non-hydrogen) atoms. The number of carbonyl (C=O) groups excluding carboxylic acids is 1. The Labute approximate surface area is 183 Å². The van der Waals surface area contributed by atoms with Crippen molar-refractivity contribution in [2.24, 2.45) is 0 Å². The summed E-state index contributed by atoms with van der Waals surface area (Å²) in [4.78, 5) is 23.6.